The van der Waals surface area contributed by atoms with Crippen LogP contribution in [0.3, 0.4) is 0 Å². The van der Waals surface area contributed by atoms with Crippen LogP contribution in [0.2, 0.25) is 0 Å². The number of hydrogen-bond donors (Lipinski definition) is 4. The highest BCUT2D eigenvalue weighted by Gasteiger charge is 2.27. The molecule has 7 heteroatoms. The van der Waals surface area contributed by atoms with Gasteiger partial charge in [0, 0.05) is 6.04 Å². The quantitative estimate of drug-likeness (QED) is 0.550. The van der Waals surface area contributed by atoms with Crippen LogP contribution in [0.25, 0.3) is 0 Å². The predicted octanol–water partition coefficient (Wildman–Crippen LogP) is 0.432. The van der Waals surface area contributed by atoms with Crippen molar-refractivity contribution in [1.82, 2.24) is 5.32 Å². The Balaban J connectivity index is 2.47. The van der Waals surface area contributed by atoms with Crippen molar-refractivity contribution in [1.29, 1.82) is 0 Å². The van der Waals surface area contributed by atoms with Crippen molar-refractivity contribution in [3.63, 3.8) is 0 Å². The van der Waals surface area contributed by atoms with Crippen LogP contribution in [-0.4, -0.2) is 35.8 Å². The van der Waals surface area contributed by atoms with Gasteiger partial charge in [-0.3, -0.25) is 0 Å². The standard InChI is InChI=1S/C14H21N3O4/c15-8-4-7-11(16)12(13(18)19)17-14(20)21-9-10-5-2-1-3-6-10/h1-3,5-6,11-12H,4,7-9,15-16H2,(H,17,20)(H,18,19)/t11?,12-/m0/s1. The number of nitrogens with one attached hydrogen (secondary N) is 1. The summed E-state index contributed by atoms with van der Waals surface area (Å²) < 4.78 is 4.97. The first kappa shape index (κ1) is 16.9. The molecule has 0 aromatic heterocycles. The van der Waals surface area contributed by atoms with Gasteiger partial charge in [-0.15, -0.1) is 0 Å². The number of hydrogen-bond acceptors (Lipinski definition) is 5. The molecule has 0 heterocycles. The van der Waals surface area contributed by atoms with Gasteiger partial charge in [0.1, 0.15) is 12.6 Å². The van der Waals surface area contributed by atoms with Gasteiger partial charge in [-0.1, -0.05) is 30.3 Å². The van der Waals surface area contributed by atoms with Crippen LogP contribution in [-0.2, 0) is 16.1 Å². The van der Waals surface area contributed by atoms with Crippen LogP contribution in [0, 0.1) is 0 Å². The topological polar surface area (TPSA) is 128 Å². The van der Waals surface area contributed by atoms with Crippen LogP contribution in [0.15, 0.2) is 30.3 Å². The second-order valence-electron chi connectivity index (χ2n) is 4.62. The first-order valence-electron chi connectivity index (χ1n) is 6.70. The Labute approximate surface area is 123 Å². The van der Waals surface area contributed by atoms with Crippen molar-refractivity contribution in [3.8, 4) is 0 Å². The van der Waals surface area contributed by atoms with E-state index in [0.717, 1.165) is 5.56 Å². The molecule has 0 saturated carbocycles. The molecule has 1 rings (SSSR count). The Kier molecular flexibility index (Phi) is 7.20. The molecule has 1 aromatic carbocycles. The first-order chi connectivity index (χ1) is 10.0. The molecule has 0 saturated heterocycles. The summed E-state index contributed by atoms with van der Waals surface area (Å²) in [4.78, 5) is 22.8. The normalized spacial score (nSPS) is 13.2. The van der Waals surface area contributed by atoms with Crippen LogP contribution in [0.4, 0.5) is 4.79 Å². The Bertz CT molecular complexity index is 453. The molecule has 0 aliphatic heterocycles. The van der Waals surface area contributed by atoms with Gasteiger partial charge in [0.25, 0.3) is 0 Å². The fourth-order valence-electron chi connectivity index (χ4n) is 1.76. The van der Waals surface area contributed by atoms with Crippen molar-refractivity contribution >= 4 is 12.1 Å². The van der Waals surface area contributed by atoms with Crippen molar-refractivity contribution in [2.45, 2.75) is 31.5 Å². The van der Waals surface area contributed by atoms with Gasteiger partial charge < -0.3 is 26.6 Å². The fourth-order valence-corrected chi connectivity index (χ4v) is 1.76. The molecule has 0 spiro atoms. The Hall–Kier alpha value is -2.12. The largest absolute Gasteiger partial charge is 0.480 e. The van der Waals surface area contributed by atoms with Gasteiger partial charge in [0.2, 0.25) is 0 Å². The van der Waals surface area contributed by atoms with Crippen LogP contribution < -0.4 is 16.8 Å². The zero-order valence-corrected chi connectivity index (χ0v) is 11.7. The van der Waals surface area contributed by atoms with Gasteiger partial charge in [-0.05, 0) is 24.9 Å². The van der Waals surface area contributed by atoms with Crippen LogP contribution in [0.1, 0.15) is 18.4 Å². The SMILES string of the molecule is NCCCC(N)[C@H](NC(=O)OCc1ccccc1)C(=O)O. The number of ether oxygens (including phenoxy) is 1. The molecule has 2 atom stereocenters. The number of alkyl carbamates (subject to hydrolysis) is 1. The molecule has 7 nitrogen and oxygen atoms in total. The summed E-state index contributed by atoms with van der Waals surface area (Å²) in [5.41, 5.74) is 11.9. The Morgan fingerprint density at radius 1 is 1.29 bits per heavy atom. The summed E-state index contributed by atoms with van der Waals surface area (Å²) in [7, 11) is 0. The molecule has 6 N–H and O–H groups in total. The molecular weight excluding hydrogens is 274 g/mol. The molecule has 1 unspecified atom stereocenters. The van der Waals surface area contributed by atoms with E-state index in [1.165, 1.54) is 0 Å². The summed E-state index contributed by atoms with van der Waals surface area (Å²) in [6.07, 6.45) is 0.187. The van der Waals surface area contributed by atoms with E-state index in [9.17, 15) is 9.59 Å². The molecule has 0 radical (unpaired) electrons. The number of carbonyl (C=O) groups is 2. The van der Waals surface area contributed by atoms with E-state index in [1.54, 1.807) is 12.1 Å². The van der Waals surface area contributed by atoms with Crippen LogP contribution in [0.5, 0.6) is 0 Å². The summed E-state index contributed by atoms with van der Waals surface area (Å²) >= 11 is 0. The molecule has 0 bridgehead atoms. The van der Waals surface area contributed by atoms with E-state index in [0.29, 0.717) is 19.4 Å². The molecule has 1 amide bonds. The van der Waals surface area contributed by atoms with E-state index in [1.807, 2.05) is 18.2 Å². The lowest BCUT2D eigenvalue weighted by molar-refractivity contribution is -0.140. The average molecular weight is 295 g/mol. The van der Waals surface area contributed by atoms with E-state index in [2.05, 4.69) is 5.32 Å². The minimum atomic E-state index is -1.20. The van der Waals surface area contributed by atoms with Crippen molar-refractivity contribution in [2.24, 2.45) is 11.5 Å². The first-order valence-corrected chi connectivity index (χ1v) is 6.70. The van der Waals surface area contributed by atoms with Crippen LogP contribution >= 0.6 is 0 Å². The highest BCUT2D eigenvalue weighted by molar-refractivity contribution is 5.80. The van der Waals surface area contributed by atoms with Gasteiger partial charge in [0.15, 0.2) is 0 Å². The molecule has 0 aliphatic rings. The highest BCUT2D eigenvalue weighted by atomic mass is 16.5. The second kappa shape index (κ2) is 8.93. The minimum absolute atomic E-state index is 0.0665. The average Bonchev–Trinajstić information content (AvgIpc) is 2.49. The zero-order chi connectivity index (χ0) is 15.7. The lowest BCUT2D eigenvalue weighted by Gasteiger charge is -2.20. The number of benzene rings is 1. The maximum atomic E-state index is 11.6. The van der Waals surface area contributed by atoms with Crippen molar-refractivity contribution in [2.75, 3.05) is 6.54 Å². The number of carbonyl (C=O) groups excluding carboxylic acids is 1. The summed E-state index contributed by atoms with van der Waals surface area (Å²) in [5, 5.41) is 11.4. The second-order valence-corrected chi connectivity index (χ2v) is 4.62. The molecule has 0 fully saturated rings. The minimum Gasteiger partial charge on any atom is -0.480 e. The Morgan fingerprint density at radius 3 is 2.52 bits per heavy atom. The number of amides is 1. The molecular formula is C14H21N3O4. The highest BCUT2D eigenvalue weighted by Crippen LogP contribution is 2.03. The monoisotopic (exact) mass is 295 g/mol. The molecule has 21 heavy (non-hydrogen) atoms. The fraction of sp³-hybridized carbons (Fsp3) is 0.429. The lowest BCUT2D eigenvalue weighted by Crippen LogP contribution is -2.52. The predicted molar refractivity (Wildman–Crippen MR) is 77.5 cm³/mol. The molecule has 116 valence electrons. The third-order valence-corrected chi connectivity index (χ3v) is 2.92. The summed E-state index contributed by atoms with van der Waals surface area (Å²) in [5.74, 6) is -1.20. The summed E-state index contributed by atoms with van der Waals surface area (Å²) in [6.45, 7) is 0.482. The third kappa shape index (κ3) is 6.24. The molecule has 0 aliphatic carbocycles. The maximum Gasteiger partial charge on any atom is 0.408 e. The van der Waals surface area contributed by atoms with Gasteiger partial charge in [0.05, 0.1) is 0 Å². The van der Waals surface area contributed by atoms with Gasteiger partial charge in [-0.2, -0.15) is 0 Å². The molecule has 1 aromatic rings. The third-order valence-electron chi connectivity index (χ3n) is 2.92. The number of nitrogens with two attached hydrogens (primary N) is 2. The lowest BCUT2D eigenvalue weighted by atomic mass is 10.0. The smallest absolute Gasteiger partial charge is 0.408 e. The number of carboxylic acid groups (broad SMARTS) is 1. The van der Waals surface area contributed by atoms with Gasteiger partial charge >= 0.3 is 12.1 Å². The number of aliphatic carboxylic acids is 1. The summed E-state index contributed by atoms with van der Waals surface area (Å²) in [6, 6.07) is 7.18. The van der Waals surface area contributed by atoms with E-state index < -0.39 is 24.1 Å². The maximum absolute atomic E-state index is 11.6. The number of rotatable bonds is 8. The number of carboxylic acids is 1. The van der Waals surface area contributed by atoms with E-state index >= 15 is 0 Å². The van der Waals surface area contributed by atoms with E-state index in [-0.39, 0.29) is 6.61 Å². The van der Waals surface area contributed by atoms with Crippen molar-refractivity contribution < 1.29 is 19.4 Å². The Morgan fingerprint density at radius 2 is 1.95 bits per heavy atom. The van der Waals surface area contributed by atoms with E-state index in [4.69, 9.17) is 21.3 Å². The van der Waals surface area contributed by atoms with Gasteiger partial charge in [-0.25, -0.2) is 9.59 Å². The zero-order valence-electron chi connectivity index (χ0n) is 11.7. The van der Waals surface area contributed by atoms with Crippen molar-refractivity contribution in [3.05, 3.63) is 35.9 Å².